The molecular formula is C34H45ClN10O4. The first-order valence-corrected chi connectivity index (χ1v) is 16.5. The molecule has 3 N–H and O–H groups in total. The number of hydrogen-bond donors (Lipinski definition) is 3. The second-order valence-corrected chi connectivity index (χ2v) is 15.1. The van der Waals surface area contributed by atoms with Crippen molar-refractivity contribution in [2.75, 3.05) is 39.3 Å². The van der Waals surface area contributed by atoms with Crippen LogP contribution in [-0.2, 0) is 9.53 Å². The zero-order valence-corrected chi connectivity index (χ0v) is 29.5. The largest absolute Gasteiger partial charge is 0.444 e. The van der Waals surface area contributed by atoms with Crippen molar-refractivity contribution in [1.82, 2.24) is 35.4 Å². The van der Waals surface area contributed by atoms with Gasteiger partial charge >= 0.3 is 6.09 Å². The number of rotatable bonds is 5. The van der Waals surface area contributed by atoms with E-state index in [0.29, 0.717) is 48.8 Å². The van der Waals surface area contributed by atoms with Crippen LogP contribution >= 0.6 is 12.4 Å². The summed E-state index contributed by atoms with van der Waals surface area (Å²) < 4.78 is 5.11. The fraction of sp³-hybridized carbons (Fsp3) is 0.647. The Kier molecular flexibility index (Phi) is 11.1. The molecule has 1 atom stereocenters. The van der Waals surface area contributed by atoms with Crippen LogP contribution in [-0.4, -0.2) is 93.6 Å². The Hall–Kier alpha value is -4.45. The Balaban J connectivity index is 0.000000213. The van der Waals surface area contributed by atoms with Gasteiger partial charge in [0, 0.05) is 51.4 Å². The molecule has 5 fully saturated rings. The zero-order valence-electron chi connectivity index (χ0n) is 28.7. The minimum Gasteiger partial charge on any atom is -0.444 e. The predicted molar refractivity (Wildman–Crippen MR) is 181 cm³/mol. The van der Waals surface area contributed by atoms with Gasteiger partial charge in [-0.1, -0.05) is 0 Å². The maximum absolute atomic E-state index is 13.0. The van der Waals surface area contributed by atoms with E-state index in [2.05, 4.69) is 43.8 Å². The molecule has 5 heterocycles. The number of halogens is 1. The molecule has 0 unspecified atom stereocenters. The lowest BCUT2D eigenvalue weighted by molar-refractivity contribution is -0.142. The summed E-state index contributed by atoms with van der Waals surface area (Å²) in [6.07, 6.45) is 7.15. The lowest BCUT2D eigenvalue weighted by atomic mass is 9.83. The summed E-state index contributed by atoms with van der Waals surface area (Å²) in [5.74, 6) is 0.219. The molecule has 2 aliphatic carbocycles. The minimum absolute atomic E-state index is 0. The van der Waals surface area contributed by atoms with Crippen LogP contribution in [0.15, 0.2) is 12.4 Å². The Morgan fingerprint density at radius 1 is 1.02 bits per heavy atom. The average Bonchev–Trinajstić information content (AvgIpc) is 3.93. The maximum Gasteiger partial charge on any atom is 0.410 e. The fourth-order valence-corrected chi connectivity index (χ4v) is 5.52. The lowest BCUT2D eigenvalue weighted by Gasteiger charge is -2.44. The molecule has 2 aromatic rings. The number of carbonyl (C=O) groups excluding carboxylic acids is 3. The quantitative estimate of drug-likeness (QED) is 0.415. The van der Waals surface area contributed by atoms with E-state index in [-0.39, 0.29) is 47.6 Å². The Bertz CT molecular complexity index is 1680. The molecule has 2 saturated carbocycles. The van der Waals surface area contributed by atoms with E-state index in [1.165, 1.54) is 0 Å². The number of nitrogens with zero attached hydrogens (tertiary/aromatic N) is 7. The van der Waals surface area contributed by atoms with Crippen LogP contribution in [0.25, 0.3) is 11.2 Å². The molecule has 3 amide bonds. The first kappa shape index (κ1) is 37.4. The van der Waals surface area contributed by atoms with Crippen LogP contribution in [0.5, 0.6) is 0 Å². The van der Waals surface area contributed by atoms with Gasteiger partial charge in [-0.2, -0.15) is 15.8 Å². The number of ether oxygens (including phenoxy) is 1. The first-order valence-electron chi connectivity index (χ1n) is 16.5. The highest BCUT2D eigenvalue weighted by Crippen LogP contribution is 2.39. The average molecular weight is 693 g/mol. The highest BCUT2D eigenvalue weighted by Gasteiger charge is 2.47. The second-order valence-electron chi connectivity index (χ2n) is 15.1. The summed E-state index contributed by atoms with van der Waals surface area (Å²) in [6.45, 7) is 12.9. The van der Waals surface area contributed by atoms with Crippen LogP contribution in [0.1, 0.15) is 82.3 Å². The number of hydrogen-bond acceptors (Lipinski definition) is 10. The molecule has 0 radical (unpaired) electrons. The van der Waals surface area contributed by atoms with Gasteiger partial charge in [0.2, 0.25) is 5.91 Å². The first-order chi connectivity index (χ1) is 22.7. The van der Waals surface area contributed by atoms with Gasteiger partial charge in [-0.05, 0) is 66.2 Å². The van der Waals surface area contributed by atoms with E-state index in [1.807, 2.05) is 34.6 Å². The van der Waals surface area contributed by atoms with Gasteiger partial charge in [-0.3, -0.25) is 9.59 Å². The fourth-order valence-electron chi connectivity index (χ4n) is 5.52. The molecule has 3 aliphatic heterocycles. The van der Waals surface area contributed by atoms with E-state index in [0.717, 1.165) is 44.5 Å². The van der Waals surface area contributed by atoms with Gasteiger partial charge in [0.05, 0.1) is 52.4 Å². The molecule has 5 aliphatic rings. The summed E-state index contributed by atoms with van der Waals surface area (Å²) in [5.41, 5.74) is 1.52. The summed E-state index contributed by atoms with van der Waals surface area (Å²) in [4.78, 5) is 52.4. The van der Waals surface area contributed by atoms with Crippen molar-refractivity contribution >= 4 is 41.5 Å². The third-order valence-electron chi connectivity index (χ3n) is 8.96. The third kappa shape index (κ3) is 9.17. The standard InChI is InChI=1S/C20H22N6O2.C9H14N2O2.C5H8N2.ClH/c1-20(8-21)9-26(10-20)19(28)15(12-4-5-12)25-18(27)13-6-22-17-16(13)24-14(7-23-17)11-2-3-11;1-9(2,3)13-8(12)11-5-7(4-10)6-11;1-5(2-6)3-7-4-5;/h6-7,11-12,15H,2-5,9-10H2,1H3,(H,22,23)(H,25,27);7H,5-6H2,1-3H3;7H,3-4H2,1H3;1H/t15-;;;/m1.../s1. The van der Waals surface area contributed by atoms with Crippen molar-refractivity contribution in [3.63, 3.8) is 0 Å². The molecular weight excluding hydrogens is 648 g/mol. The molecule has 3 saturated heterocycles. The predicted octanol–water partition coefficient (Wildman–Crippen LogP) is 3.63. The van der Waals surface area contributed by atoms with E-state index in [9.17, 15) is 14.4 Å². The molecule has 2 aromatic heterocycles. The monoisotopic (exact) mass is 692 g/mol. The number of nitriles is 3. The Morgan fingerprint density at radius 2 is 1.65 bits per heavy atom. The number of amides is 3. The number of fused-ring (bicyclic) bond motifs is 1. The van der Waals surface area contributed by atoms with Crippen molar-refractivity contribution in [3.05, 3.63) is 23.7 Å². The number of H-pyrrole nitrogens is 1. The van der Waals surface area contributed by atoms with E-state index >= 15 is 0 Å². The lowest BCUT2D eigenvalue weighted by Crippen LogP contribution is -2.61. The van der Waals surface area contributed by atoms with Gasteiger partial charge in [-0.25, -0.2) is 14.8 Å². The van der Waals surface area contributed by atoms with Crippen LogP contribution in [0.2, 0.25) is 0 Å². The van der Waals surface area contributed by atoms with Gasteiger partial charge < -0.3 is 30.2 Å². The zero-order chi connectivity index (χ0) is 34.9. The normalized spacial score (nSPS) is 20.6. The van der Waals surface area contributed by atoms with Gasteiger partial charge in [0.15, 0.2) is 5.65 Å². The van der Waals surface area contributed by atoms with Gasteiger partial charge in [-0.15, -0.1) is 12.4 Å². The molecule has 0 aromatic carbocycles. The molecule has 0 spiro atoms. The Labute approximate surface area is 293 Å². The highest BCUT2D eigenvalue weighted by atomic mass is 35.5. The molecule has 262 valence electrons. The molecule has 49 heavy (non-hydrogen) atoms. The highest BCUT2D eigenvalue weighted by molar-refractivity contribution is 6.06. The van der Waals surface area contributed by atoms with Crippen molar-refractivity contribution in [1.29, 1.82) is 15.8 Å². The van der Waals surface area contributed by atoms with Crippen molar-refractivity contribution < 1.29 is 19.1 Å². The van der Waals surface area contributed by atoms with Gasteiger partial charge in [0.1, 0.15) is 17.2 Å². The van der Waals surface area contributed by atoms with E-state index in [4.69, 9.17) is 20.5 Å². The van der Waals surface area contributed by atoms with E-state index < -0.39 is 17.1 Å². The van der Waals surface area contributed by atoms with Crippen molar-refractivity contribution in [2.45, 2.75) is 77.9 Å². The molecule has 15 heteroatoms. The van der Waals surface area contributed by atoms with Crippen molar-refractivity contribution in [3.8, 4) is 18.2 Å². The third-order valence-corrected chi connectivity index (χ3v) is 8.96. The number of aromatic amines is 1. The van der Waals surface area contributed by atoms with E-state index in [1.54, 1.807) is 22.2 Å². The van der Waals surface area contributed by atoms with Crippen LogP contribution < -0.4 is 10.6 Å². The number of nitrogens with one attached hydrogen (secondary N) is 3. The molecule has 7 rings (SSSR count). The SMILES string of the molecule is CC(C)(C)OC(=O)N1CC(C#N)C1.CC1(C#N)CN(C(=O)[C@H](NC(=O)c2c[nH]c3ncc(C4CC4)nc23)C2CC2)C1.CC1(C#N)CNC1.Cl. The Morgan fingerprint density at radius 3 is 2.12 bits per heavy atom. The van der Waals surface area contributed by atoms with Crippen LogP contribution in [0.4, 0.5) is 4.79 Å². The van der Waals surface area contributed by atoms with Crippen molar-refractivity contribution in [2.24, 2.45) is 22.7 Å². The van der Waals surface area contributed by atoms with Gasteiger partial charge in [0.25, 0.3) is 5.91 Å². The second kappa shape index (κ2) is 14.6. The number of likely N-dealkylation sites (tertiary alicyclic amines) is 2. The maximum atomic E-state index is 13.0. The minimum atomic E-state index is -0.541. The smallest absolute Gasteiger partial charge is 0.410 e. The topological polar surface area (TPSA) is 204 Å². The summed E-state index contributed by atoms with van der Waals surface area (Å²) in [5, 5.41) is 32.0. The van der Waals surface area contributed by atoms with Crippen LogP contribution in [0, 0.1) is 56.7 Å². The summed E-state index contributed by atoms with van der Waals surface area (Å²) in [6, 6.07) is 6.02. The molecule has 14 nitrogen and oxygen atoms in total. The molecule has 0 bridgehead atoms. The summed E-state index contributed by atoms with van der Waals surface area (Å²) in [7, 11) is 0. The number of carbonyl (C=O) groups is 3. The summed E-state index contributed by atoms with van der Waals surface area (Å²) >= 11 is 0. The van der Waals surface area contributed by atoms with Crippen LogP contribution in [0.3, 0.4) is 0 Å². The number of aromatic nitrogens is 3.